The summed E-state index contributed by atoms with van der Waals surface area (Å²) in [4.78, 5) is 12.2. The molecule has 1 amide bonds. The molecule has 110 valence electrons. The number of benzene rings is 2. The average Bonchev–Trinajstić information content (AvgIpc) is 2.50. The van der Waals surface area contributed by atoms with Crippen LogP contribution in [-0.2, 0) is 0 Å². The summed E-state index contributed by atoms with van der Waals surface area (Å²) in [5.41, 5.74) is 0.822. The molecule has 6 heteroatoms. The molecule has 2 aromatic rings. The molecule has 0 bridgehead atoms. The van der Waals surface area contributed by atoms with E-state index in [-0.39, 0.29) is 5.91 Å². The highest BCUT2D eigenvalue weighted by Crippen LogP contribution is 2.28. The van der Waals surface area contributed by atoms with Crippen LogP contribution in [0.3, 0.4) is 0 Å². The third-order valence-corrected chi connectivity index (χ3v) is 3.76. The van der Waals surface area contributed by atoms with Gasteiger partial charge in [-0.2, -0.15) is 0 Å². The van der Waals surface area contributed by atoms with Crippen LogP contribution in [-0.4, -0.2) is 20.1 Å². The number of methoxy groups -OCH3 is 2. The molecule has 0 aliphatic carbocycles. The van der Waals surface area contributed by atoms with Gasteiger partial charge in [-0.15, -0.1) is 0 Å². The summed E-state index contributed by atoms with van der Waals surface area (Å²) in [6, 6.07) is 9.04. The van der Waals surface area contributed by atoms with Gasteiger partial charge in [0.15, 0.2) is 11.5 Å². The molecule has 0 radical (unpaired) electrons. The molecule has 0 fully saturated rings. The number of hydrogen-bond acceptors (Lipinski definition) is 3. The molecule has 21 heavy (non-hydrogen) atoms. The quantitative estimate of drug-likeness (QED) is 0.796. The highest BCUT2D eigenvalue weighted by Gasteiger charge is 2.12. The van der Waals surface area contributed by atoms with Gasteiger partial charge in [0.25, 0.3) is 5.91 Å². The molecule has 0 unspecified atom stereocenters. The van der Waals surface area contributed by atoms with Crippen molar-refractivity contribution in [3.8, 4) is 11.5 Å². The van der Waals surface area contributed by atoms with Crippen molar-refractivity contribution in [1.82, 2.24) is 0 Å². The Hall–Kier alpha value is -1.83. The fourth-order valence-corrected chi connectivity index (χ4v) is 2.24. The lowest BCUT2D eigenvalue weighted by atomic mass is 10.2. The Labute approximate surface area is 135 Å². The molecule has 0 aromatic heterocycles. The molecule has 0 heterocycles. The van der Waals surface area contributed by atoms with Crippen LogP contribution in [0, 0.1) is 9.39 Å². The summed E-state index contributed by atoms with van der Waals surface area (Å²) in [6.07, 6.45) is 0. The summed E-state index contributed by atoms with van der Waals surface area (Å²) in [7, 11) is 3.02. The van der Waals surface area contributed by atoms with Gasteiger partial charge in [-0.1, -0.05) is 0 Å². The van der Waals surface area contributed by atoms with Crippen molar-refractivity contribution in [2.45, 2.75) is 0 Å². The summed E-state index contributed by atoms with van der Waals surface area (Å²) >= 11 is 2.03. The van der Waals surface area contributed by atoms with E-state index in [0.717, 1.165) is 3.57 Å². The van der Waals surface area contributed by atoms with Crippen molar-refractivity contribution in [2.24, 2.45) is 0 Å². The molecule has 0 spiro atoms. The lowest BCUT2D eigenvalue weighted by Gasteiger charge is -2.11. The monoisotopic (exact) mass is 401 g/mol. The van der Waals surface area contributed by atoms with Crippen molar-refractivity contribution in [2.75, 3.05) is 19.5 Å². The fraction of sp³-hybridized carbons (Fsp3) is 0.133. The van der Waals surface area contributed by atoms with E-state index in [2.05, 4.69) is 5.32 Å². The third-order valence-electron chi connectivity index (χ3n) is 2.82. The largest absolute Gasteiger partial charge is 0.493 e. The van der Waals surface area contributed by atoms with Gasteiger partial charge >= 0.3 is 0 Å². The van der Waals surface area contributed by atoms with E-state index in [4.69, 9.17) is 9.47 Å². The molecular weight excluding hydrogens is 388 g/mol. The Morgan fingerprint density at radius 2 is 1.81 bits per heavy atom. The predicted molar refractivity (Wildman–Crippen MR) is 86.6 cm³/mol. The van der Waals surface area contributed by atoms with Crippen LogP contribution in [0.2, 0.25) is 0 Å². The Morgan fingerprint density at radius 1 is 1.10 bits per heavy atom. The highest BCUT2D eigenvalue weighted by atomic mass is 127. The summed E-state index contributed by atoms with van der Waals surface area (Å²) in [5.74, 6) is 0.242. The molecular formula is C15H13FINO3. The van der Waals surface area contributed by atoms with Gasteiger partial charge in [-0.3, -0.25) is 4.79 Å². The first kappa shape index (κ1) is 15.6. The van der Waals surface area contributed by atoms with Gasteiger partial charge < -0.3 is 14.8 Å². The summed E-state index contributed by atoms with van der Waals surface area (Å²) in [6.45, 7) is 0. The van der Waals surface area contributed by atoms with Gasteiger partial charge in [-0.25, -0.2) is 4.39 Å². The Kier molecular flexibility index (Phi) is 5.00. The molecule has 1 N–H and O–H groups in total. The predicted octanol–water partition coefficient (Wildman–Crippen LogP) is 3.70. The zero-order valence-electron chi connectivity index (χ0n) is 11.4. The van der Waals surface area contributed by atoms with Crippen molar-refractivity contribution >= 4 is 34.2 Å². The number of carbonyl (C=O) groups is 1. The second kappa shape index (κ2) is 6.75. The molecule has 0 aliphatic rings. The highest BCUT2D eigenvalue weighted by molar-refractivity contribution is 14.1. The number of amides is 1. The molecule has 2 aromatic carbocycles. The second-order valence-corrected chi connectivity index (χ2v) is 5.31. The Bertz CT molecular complexity index is 676. The standard InChI is InChI=1S/C15H13FINO3/c1-20-13-6-3-9(7-14(13)21-2)15(19)18-12-8-10(16)4-5-11(12)17/h3-8H,1-2H3,(H,18,19). The zero-order chi connectivity index (χ0) is 15.4. The first-order valence-corrected chi connectivity index (χ1v) is 7.11. The Balaban J connectivity index is 2.26. The fourth-order valence-electron chi connectivity index (χ4n) is 1.77. The van der Waals surface area contributed by atoms with E-state index in [1.165, 1.54) is 26.4 Å². The minimum Gasteiger partial charge on any atom is -0.493 e. The lowest BCUT2D eigenvalue weighted by Crippen LogP contribution is -2.13. The van der Waals surface area contributed by atoms with Gasteiger partial charge in [0, 0.05) is 9.13 Å². The second-order valence-electron chi connectivity index (χ2n) is 4.15. The molecule has 0 aliphatic heterocycles. The molecule has 2 rings (SSSR count). The number of anilines is 1. The van der Waals surface area contributed by atoms with Crippen LogP contribution in [0.25, 0.3) is 0 Å². The van der Waals surface area contributed by atoms with Gasteiger partial charge in [0.05, 0.1) is 19.9 Å². The van der Waals surface area contributed by atoms with Crippen molar-refractivity contribution in [1.29, 1.82) is 0 Å². The SMILES string of the molecule is COc1ccc(C(=O)Nc2cc(F)ccc2I)cc1OC. The van der Waals surface area contributed by atoms with E-state index in [1.807, 2.05) is 22.6 Å². The van der Waals surface area contributed by atoms with Crippen LogP contribution in [0.4, 0.5) is 10.1 Å². The number of nitrogens with one attached hydrogen (secondary N) is 1. The topological polar surface area (TPSA) is 47.6 Å². The molecule has 0 saturated heterocycles. The smallest absolute Gasteiger partial charge is 0.255 e. The Morgan fingerprint density at radius 3 is 2.48 bits per heavy atom. The first-order chi connectivity index (χ1) is 10.0. The summed E-state index contributed by atoms with van der Waals surface area (Å²) in [5, 5.41) is 2.67. The van der Waals surface area contributed by atoms with Crippen LogP contribution >= 0.6 is 22.6 Å². The summed E-state index contributed by atoms with van der Waals surface area (Å²) < 4.78 is 24.2. The maximum atomic E-state index is 13.2. The van der Waals surface area contributed by atoms with E-state index in [1.54, 1.807) is 24.3 Å². The number of hydrogen-bond donors (Lipinski definition) is 1. The molecule has 0 atom stereocenters. The number of carbonyl (C=O) groups excluding carboxylic acids is 1. The maximum absolute atomic E-state index is 13.2. The third kappa shape index (κ3) is 3.63. The van der Waals surface area contributed by atoms with Gasteiger partial charge in [0.2, 0.25) is 0 Å². The van der Waals surface area contributed by atoms with Gasteiger partial charge in [0.1, 0.15) is 5.82 Å². The van der Waals surface area contributed by atoms with Crippen LogP contribution in [0.5, 0.6) is 11.5 Å². The van der Waals surface area contributed by atoms with Crippen LogP contribution < -0.4 is 14.8 Å². The van der Waals surface area contributed by atoms with E-state index in [0.29, 0.717) is 22.7 Å². The average molecular weight is 401 g/mol. The number of ether oxygens (including phenoxy) is 2. The maximum Gasteiger partial charge on any atom is 0.255 e. The van der Waals surface area contributed by atoms with Gasteiger partial charge in [-0.05, 0) is 59.0 Å². The van der Waals surface area contributed by atoms with E-state index in [9.17, 15) is 9.18 Å². The first-order valence-electron chi connectivity index (χ1n) is 6.03. The molecule has 4 nitrogen and oxygen atoms in total. The molecule has 0 saturated carbocycles. The van der Waals surface area contributed by atoms with E-state index < -0.39 is 5.82 Å². The number of halogens is 2. The minimum atomic E-state index is -0.405. The normalized spacial score (nSPS) is 10.1. The van der Waals surface area contributed by atoms with Crippen molar-refractivity contribution < 1.29 is 18.7 Å². The lowest BCUT2D eigenvalue weighted by molar-refractivity contribution is 0.102. The van der Waals surface area contributed by atoms with Crippen molar-refractivity contribution in [3.05, 3.63) is 51.3 Å². The number of rotatable bonds is 4. The van der Waals surface area contributed by atoms with Crippen molar-refractivity contribution in [3.63, 3.8) is 0 Å². The zero-order valence-corrected chi connectivity index (χ0v) is 13.6. The van der Waals surface area contributed by atoms with E-state index >= 15 is 0 Å². The van der Waals surface area contributed by atoms with Crippen LogP contribution in [0.15, 0.2) is 36.4 Å². The van der Waals surface area contributed by atoms with Crippen LogP contribution in [0.1, 0.15) is 10.4 Å². The minimum absolute atomic E-state index is 0.348.